The van der Waals surface area contributed by atoms with Crippen LogP contribution in [0.3, 0.4) is 0 Å². The molecular weight excluding hydrogens is 277 g/mol. The van der Waals surface area contributed by atoms with Crippen molar-refractivity contribution < 1.29 is 9.18 Å². The third kappa shape index (κ3) is 4.45. The Morgan fingerprint density at radius 3 is 2.65 bits per heavy atom. The highest BCUT2D eigenvalue weighted by Crippen LogP contribution is 2.17. The van der Waals surface area contributed by atoms with Gasteiger partial charge in [-0.1, -0.05) is 31.0 Å². The molecule has 0 heterocycles. The summed E-state index contributed by atoms with van der Waals surface area (Å²) in [6.45, 7) is 0. The highest BCUT2D eigenvalue weighted by molar-refractivity contribution is 7.80. The van der Waals surface area contributed by atoms with Gasteiger partial charge in [-0.15, -0.1) is 0 Å². The molecule has 3 N–H and O–H groups in total. The molecule has 0 aliphatic heterocycles. The number of hydrazine groups is 1. The first-order valence-electron chi connectivity index (χ1n) is 6.74. The van der Waals surface area contributed by atoms with Gasteiger partial charge in [0.25, 0.3) is 0 Å². The van der Waals surface area contributed by atoms with E-state index in [0.717, 1.165) is 12.8 Å². The van der Waals surface area contributed by atoms with E-state index in [2.05, 4.69) is 16.2 Å². The van der Waals surface area contributed by atoms with E-state index >= 15 is 0 Å². The molecule has 1 aromatic rings. The van der Waals surface area contributed by atoms with Crippen molar-refractivity contribution in [2.24, 2.45) is 0 Å². The second-order valence-electron chi connectivity index (χ2n) is 4.90. The molecule has 1 saturated carbocycles. The van der Waals surface area contributed by atoms with Crippen molar-refractivity contribution in [2.45, 2.75) is 38.1 Å². The van der Waals surface area contributed by atoms with Gasteiger partial charge in [-0.25, -0.2) is 4.39 Å². The van der Waals surface area contributed by atoms with Gasteiger partial charge in [-0.2, -0.15) is 0 Å². The summed E-state index contributed by atoms with van der Waals surface area (Å²) in [5.74, 6) is -0.708. The Kier molecular flexibility index (Phi) is 5.29. The third-order valence-corrected chi connectivity index (χ3v) is 3.53. The molecule has 4 nitrogen and oxygen atoms in total. The predicted molar refractivity (Wildman–Crippen MR) is 79.4 cm³/mol. The van der Waals surface area contributed by atoms with E-state index in [1.165, 1.54) is 18.9 Å². The first-order chi connectivity index (χ1) is 9.65. The van der Waals surface area contributed by atoms with Crippen LogP contribution in [0.2, 0.25) is 0 Å². The van der Waals surface area contributed by atoms with E-state index in [9.17, 15) is 9.18 Å². The maximum atomic E-state index is 13.4. The van der Waals surface area contributed by atoms with E-state index in [-0.39, 0.29) is 18.1 Å². The largest absolute Gasteiger partial charge is 0.359 e. The molecule has 0 atom stereocenters. The lowest BCUT2D eigenvalue weighted by molar-refractivity contribution is -0.121. The molecule has 0 spiro atoms. The number of amides is 1. The Morgan fingerprint density at radius 1 is 1.25 bits per heavy atom. The fourth-order valence-electron chi connectivity index (χ4n) is 2.28. The number of hydrogen-bond acceptors (Lipinski definition) is 2. The van der Waals surface area contributed by atoms with Crippen molar-refractivity contribution in [3.05, 3.63) is 35.6 Å². The van der Waals surface area contributed by atoms with Crippen LogP contribution in [0.15, 0.2) is 24.3 Å². The number of carbonyl (C=O) groups excluding carboxylic acids is 1. The molecule has 2 rings (SSSR count). The van der Waals surface area contributed by atoms with Crippen LogP contribution >= 0.6 is 12.2 Å². The molecule has 1 aromatic carbocycles. The molecule has 0 unspecified atom stereocenters. The van der Waals surface area contributed by atoms with Crippen LogP contribution in [0.5, 0.6) is 0 Å². The fourth-order valence-corrected chi connectivity index (χ4v) is 2.49. The number of thiocarbonyl (C=S) groups is 1. The van der Waals surface area contributed by atoms with Crippen LogP contribution in [0.4, 0.5) is 4.39 Å². The first-order valence-corrected chi connectivity index (χ1v) is 7.15. The molecule has 1 aliphatic carbocycles. The predicted octanol–water partition coefficient (Wildman–Crippen LogP) is 1.81. The fraction of sp³-hybridized carbons (Fsp3) is 0.429. The Bertz CT molecular complexity index is 489. The van der Waals surface area contributed by atoms with Crippen molar-refractivity contribution >= 4 is 23.2 Å². The molecule has 6 heteroatoms. The standard InChI is InChI=1S/C14H18FN3OS/c15-12-8-4-1-5-10(12)9-13(19)17-18-14(20)16-11-6-2-3-7-11/h1,4-5,8,11H,2-3,6-7,9H2,(H,17,19)(H2,16,18,20). The van der Waals surface area contributed by atoms with E-state index in [1.807, 2.05) is 0 Å². The monoisotopic (exact) mass is 295 g/mol. The highest BCUT2D eigenvalue weighted by atomic mass is 32.1. The van der Waals surface area contributed by atoms with Gasteiger partial charge in [-0.05, 0) is 36.7 Å². The van der Waals surface area contributed by atoms with Crippen LogP contribution in [0, 0.1) is 5.82 Å². The number of rotatable bonds is 3. The number of benzene rings is 1. The molecule has 0 bridgehead atoms. The summed E-state index contributed by atoms with van der Waals surface area (Å²) in [5, 5.41) is 3.54. The Hall–Kier alpha value is -1.69. The van der Waals surface area contributed by atoms with Gasteiger partial charge < -0.3 is 5.32 Å². The lowest BCUT2D eigenvalue weighted by Gasteiger charge is -2.16. The van der Waals surface area contributed by atoms with E-state index in [4.69, 9.17) is 12.2 Å². The zero-order chi connectivity index (χ0) is 14.4. The van der Waals surface area contributed by atoms with Crippen molar-refractivity contribution in [2.75, 3.05) is 0 Å². The number of halogens is 1. The van der Waals surface area contributed by atoms with Gasteiger partial charge in [-0.3, -0.25) is 15.6 Å². The van der Waals surface area contributed by atoms with Gasteiger partial charge in [0.2, 0.25) is 5.91 Å². The zero-order valence-electron chi connectivity index (χ0n) is 11.1. The molecule has 1 fully saturated rings. The second-order valence-corrected chi connectivity index (χ2v) is 5.30. The van der Waals surface area contributed by atoms with Crippen molar-refractivity contribution in [3.63, 3.8) is 0 Å². The average Bonchev–Trinajstić information content (AvgIpc) is 2.92. The van der Waals surface area contributed by atoms with Gasteiger partial charge >= 0.3 is 0 Å². The lowest BCUT2D eigenvalue weighted by Crippen LogP contribution is -2.49. The summed E-state index contributed by atoms with van der Waals surface area (Å²) < 4.78 is 13.4. The first kappa shape index (κ1) is 14.7. The molecule has 1 amide bonds. The maximum absolute atomic E-state index is 13.4. The number of nitrogens with one attached hydrogen (secondary N) is 3. The van der Waals surface area contributed by atoms with Crippen LogP contribution < -0.4 is 16.2 Å². The molecule has 0 saturated heterocycles. The summed E-state index contributed by atoms with van der Waals surface area (Å²) in [5.41, 5.74) is 5.48. The highest BCUT2D eigenvalue weighted by Gasteiger charge is 2.15. The topological polar surface area (TPSA) is 53.2 Å². The maximum Gasteiger partial charge on any atom is 0.242 e. The number of hydrogen-bond donors (Lipinski definition) is 3. The van der Waals surface area contributed by atoms with Gasteiger partial charge in [0.15, 0.2) is 5.11 Å². The van der Waals surface area contributed by atoms with Crippen LogP contribution in [-0.2, 0) is 11.2 Å². The molecular formula is C14H18FN3OS. The van der Waals surface area contributed by atoms with E-state index in [0.29, 0.717) is 16.7 Å². The zero-order valence-corrected chi connectivity index (χ0v) is 11.9. The molecule has 0 aromatic heterocycles. The number of carbonyl (C=O) groups is 1. The summed E-state index contributed by atoms with van der Waals surface area (Å²) in [6.07, 6.45) is 4.60. The Balaban J connectivity index is 1.72. The minimum absolute atomic E-state index is 0.0221. The van der Waals surface area contributed by atoms with Crippen molar-refractivity contribution in [1.82, 2.24) is 16.2 Å². The Morgan fingerprint density at radius 2 is 1.95 bits per heavy atom. The van der Waals surface area contributed by atoms with Crippen LogP contribution in [0.1, 0.15) is 31.2 Å². The van der Waals surface area contributed by atoms with Crippen molar-refractivity contribution in [1.29, 1.82) is 0 Å². The molecule has 20 heavy (non-hydrogen) atoms. The van der Waals surface area contributed by atoms with Crippen LogP contribution in [-0.4, -0.2) is 17.1 Å². The normalized spacial score (nSPS) is 14.8. The SMILES string of the molecule is O=C(Cc1ccccc1F)NNC(=S)NC1CCCC1. The summed E-state index contributed by atoms with van der Waals surface area (Å²) >= 11 is 5.09. The summed E-state index contributed by atoms with van der Waals surface area (Å²) in [4.78, 5) is 11.7. The molecule has 1 aliphatic rings. The minimum Gasteiger partial charge on any atom is -0.359 e. The Labute approximate surface area is 123 Å². The van der Waals surface area contributed by atoms with E-state index in [1.54, 1.807) is 18.2 Å². The summed E-state index contributed by atoms with van der Waals surface area (Å²) in [6, 6.07) is 6.60. The minimum atomic E-state index is -0.380. The third-order valence-electron chi connectivity index (χ3n) is 3.31. The molecule has 0 radical (unpaired) electrons. The van der Waals surface area contributed by atoms with Gasteiger partial charge in [0.1, 0.15) is 5.82 Å². The van der Waals surface area contributed by atoms with Crippen LogP contribution in [0.25, 0.3) is 0 Å². The van der Waals surface area contributed by atoms with E-state index < -0.39 is 0 Å². The molecule has 108 valence electrons. The second kappa shape index (κ2) is 7.19. The lowest BCUT2D eigenvalue weighted by atomic mass is 10.1. The smallest absolute Gasteiger partial charge is 0.242 e. The van der Waals surface area contributed by atoms with Crippen molar-refractivity contribution in [3.8, 4) is 0 Å². The average molecular weight is 295 g/mol. The summed E-state index contributed by atoms with van der Waals surface area (Å²) in [7, 11) is 0. The van der Waals surface area contributed by atoms with Gasteiger partial charge in [0, 0.05) is 6.04 Å². The quantitative estimate of drug-likeness (QED) is 0.588. The van der Waals surface area contributed by atoms with Gasteiger partial charge in [0.05, 0.1) is 6.42 Å².